The van der Waals surface area contributed by atoms with Gasteiger partial charge in [0.1, 0.15) is 4.32 Å². The molecule has 0 N–H and O–H groups in total. The van der Waals surface area contributed by atoms with Gasteiger partial charge in [0.2, 0.25) is 0 Å². The molecule has 1 aliphatic heterocycles. The first kappa shape index (κ1) is 16.9. The predicted octanol–water partition coefficient (Wildman–Crippen LogP) is 3.67. The van der Waals surface area contributed by atoms with Crippen LogP contribution in [0.4, 0.5) is 5.69 Å². The fraction of sp³-hybridized carbons (Fsp3) is 0.467. The van der Waals surface area contributed by atoms with Crippen molar-refractivity contribution in [3.05, 3.63) is 39.9 Å². The van der Waals surface area contributed by atoms with E-state index < -0.39 is 4.92 Å². The fourth-order valence-electron chi connectivity index (χ4n) is 2.34. The number of rotatable bonds is 5. The Hall–Kier alpha value is -1.47. The first-order valence-electron chi connectivity index (χ1n) is 7.27. The highest BCUT2D eigenvalue weighted by atomic mass is 32.2. The van der Waals surface area contributed by atoms with Crippen LogP contribution in [0.15, 0.2) is 24.3 Å². The van der Waals surface area contributed by atoms with Crippen LogP contribution in [0, 0.1) is 10.1 Å². The molecule has 118 valence electrons. The van der Waals surface area contributed by atoms with E-state index in [9.17, 15) is 14.9 Å². The zero-order valence-corrected chi connectivity index (χ0v) is 13.8. The van der Waals surface area contributed by atoms with Crippen LogP contribution in [0.25, 0.3) is 0 Å². The first-order chi connectivity index (χ1) is 10.6. The summed E-state index contributed by atoms with van der Waals surface area (Å²) in [6.07, 6.45) is 3.94. The molecule has 1 aromatic rings. The minimum Gasteiger partial charge on any atom is -0.358 e. The second kappa shape index (κ2) is 8.24. The number of benzene rings is 1. The van der Waals surface area contributed by atoms with Crippen LogP contribution in [0.3, 0.4) is 0 Å². The van der Waals surface area contributed by atoms with Crippen LogP contribution in [-0.4, -0.2) is 38.8 Å². The van der Waals surface area contributed by atoms with Crippen LogP contribution in [0.2, 0.25) is 0 Å². The largest absolute Gasteiger partial charge is 0.358 e. The Morgan fingerprint density at radius 2 is 2.05 bits per heavy atom. The summed E-state index contributed by atoms with van der Waals surface area (Å²) in [5, 5.41) is 10.7. The maximum absolute atomic E-state index is 12.1. The van der Waals surface area contributed by atoms with E-state index in [1.54, 1.807) is 6.07 Å². The molecule has 1 saturated heterocycles. The summed E-state index contributed by atoms with van der Waals surface area (Å²) in [6.45, 7) is 2.01. The highest BCUT2D eigenvalue weighted by Crippen LogP contribution is 2.19. The number of ketones is 1. The van der Waals surface area contributed by atoms with Crippen molar-refractivity contribution in [2.75, 3.05) is 18.8 Å². The lowest BCUT2D eigenvalue weighted by atomic mass is 10.1. The molecular formula is C15H18N2O3S2. The number of thiocarbonyl (C=S) groups is 1. The topological polar surface area (TPSA) is 63.5 Å². The van der Waals surface area contributed by atoms with Crippen molar-refractivity contribution in [3.8, 4) is 0 Å². The number of thioether (sulfide) groups is 1. The molecule has 0 saturated carbocycles. The van der Waals surface area contributed by atoms with Gasteiger partial charge in [0.15, 0.2) is 5.78 Å². The van der Waals surface area contributed by atoms with Crippen molar-refractivity contribution in [2.45, 2.75) is 25.7 Å². The molecule has 22 heavy (non-hydrogen) atoms. The van der Waals surface area contributed by atoms with Gasteiger partial charge >= 0.3 is 0 Å². The van der Waals surface area contributed by atoms with Crippen molar-refractivity contribution in [1.29, 1.82) is 0 Å². The third-order valence-corrected chi connectivity index (χ3v) is 5.07. The Balaban J connectivity index is 1.81. The molecule has 1 fully saturated rings. The summed E-state index contributed by atoms with van der Waals surface area (Å²) in [4.78, 5) is 24.5. The van der Waals surface area contributed by atoms with Gasteiger partial charge in [-0.15, -0.1) is 0 Å². The van der Waals surface area contributed by atoms with Gasteiger partial charge < -0.3 is 4.90 Å². The normalized spacial score (nSPS) is 14.6. The average Bonchev–Trinajstić information content (AvgIpc) is 2.55. The molecule has 1 aromatic carbocycles. The molecule has 0 bridgehead atoms. The molecule has 1 aliphatic rings. The number of hydrogen-bond acceptors (Lipinski definition) is 5. The maximum Gasteiger partial charge on any atom is 0.270 e. The lowest BCUT2D eigenvalue weighted by Gasteiger charge is -2.28. The van der Waals surface area contributed by atoms with Gasteiger partial charge in [-0.1, -0.05) is 36.1 Å². The van der Waals surface area contributed by atoms with Crippen molar-refractivity contribution in [3.63, 3.8) is 0 Å². The van der Waals surface area contributed by atoms with Gasteiger partial charge in [0.25, 0.3) is 5.69 Å². The number of nitrogens with zero attached hydrogens (tertiary/aromatic N) is 2. The molecule has 0 aliphatic carbocycles. The van der Waals surface area contributed by atoms with Gasteiger partial charge in [-0.05, 0) is 19.3 Å². The minimum atomic E-state index is -0.489. The molecule has 0 spiro atoms. The van der Waals surface area contributed by atoms with E-state index in [4.69, 9.17) is 12.2 Å². The number of nitro groups is 1. The number of Topliss-reactive ketones (excluding diaryl/α,β-unsaturated/α-hetero) is 1. The van der Waals surface area contributed by atoms with Crippen molar-refractivity contribution in [2.24, 2.45) is 0 Å². The molecule has 0 amide bonds. The summed E-state index contributed by atoms with van der Waals surface area (Å²) < 4.78 is 0.853. The smallest absolute Gasteiger partial charge is 0.270 e. The number of hydrogen-bond donors (Lipinski definition) is 0. The van der Waals surface area contributed by atoms with Gasteiger partial charge in [-0.25, -0.2) is 0 Å². The standard InChI is InChI=1S/C15H18N2O3S2/c18-14(12-5-4-6-13(11-12)17(19)20)7-10-22-15(21)16-8-2-1-3-9-16/h4-6,11H,1-3,7-10H2. The van der Waals surface area contributed by atoms with Crippen molar-refractivity contribution < 1.29 is 9.72 Å². The second-order valence-corrected chi connectivity index (χ2v) is 6.87. The molecule has 1 heterocycles. The van der Waals surface area contributed by atoms with E-state index in [0.717, 1.165) is 17.4 Å². The lowest BCUT2D eigenvalue weighted by molar-refractivity contribution is -0.384. The summed E-state index contributed by atoms with van der Waals surface area (Å²) in [6, 6.07) is 5.87. The molecule has 5 nitrogen and oxygen atoms in total. The Kier molecular flexibility index (Phi) is 6.33. The molecule has 0 unspecified atom stereocenters. The number of likely N-dealkylation sites (tertiary alicyclic amines) is 1. The zero-order chi connectivity index (χ0) is 15.9. The average molecular weight is 338 g/mol. The quantitative estimate of drug-likeness (QED) is 0.353. The zero-order valence-electron chi connectivity index (χ0n) is 12.2. The Labute approximate surface area is 139 Å². The second-order valence-electron chi connectivity index (χ2n) is 5.14. The third kappa shape index (κ3) is 4.78. The fourth-order valence-corrected chi connectivity index (χ4v) is 3.60. The molecule has 7 heteroatoms. The monoisotopic (exact) mass is 338 g/mol. The van der Waals surface area contributed by atoms with E-state index in [-0.39, 0.29) is 11.5 Å². The minimum absolute atomic E-state index is 0.0534. The molecule has 0 atom stereocenters. The van der Waals surface area contributed by atoms with E-state index in [1.807, 2.05) is 0 Å². The van der Waals surface area contributed by atoms with E-state index >= 15 is 0 Å². The van der Waals surface area contributed by atoms with Crippen LogP contribution in [-0.2, 0) is 0 Å². The van der Waals surface area contributed by atoms with Gasteiger partial charge in [-0.2, -0.15) is 0 Å². The van der Waals surface area contributed by atoms with Crippen LogP contribution >= 0.6 is 24.0 Å². The number of non-ortho nitro benzene ring substituents is 1. The van der Waals surface area contributed by atoms with Gasteiger partial charge in [0, 0.05) is 43.0 Å². The highest BCUT2D eigenvalue weighted by molar-refractivity contribution is 8.22. The Morgan fingerprint density at radius 3 is 2.73 bits per heavy atom. The Bertz CT molecular complexity index is 572. The number of piperidine rings is 1. The van der Waals surface area contributed by atoms with E-state index in [0.29, 0.717) is 17.7 Å². The van der Waals surface area contributed by atoms with Crippen LogP contribution in [0.5, 0.6) is 0 Å². The van der Waals surface area contributed by atoms with E-state index in [1.165, 1.54) is 49.2 Å². The molecule has 0 aromatic heterocycles. The molecule has 0 radical (unpaired) electrons. The predicted molar refractivity (Wildman–Crippen MR) is 92.5 cm³/mol. The summed E-state index contributed by atoms with van der Waals surface area (Å²) in [5.74, 6) is 0.522. The number of carbonyl (C=O) groups is 1. The van der Waals surface area contributed by atoms with Gasteiger partial charge in [-0.3, -0.25) is 14.9 Å². The Morgan fingerprint density at radius 1 is 1.32 bits per heavy atom. The number of carbonyl (C=O) groups excluding carboxylic acids is 1. The number of nitro benzene ring substituents is 1. The molecule has 2 rings (SSSR count). The first-order valence-corrected chi connectivity index (χ1v) is 8.66. The van der Waals surface area contributed by atoms with Crippen molar-refractivity contribution >= 4 is 39.8 Å². The summed E-state index contributed by atoms with van der Waals surface area (Å²) in [7, 11) is 0. The third-order valence-electron chi connectivity index (χ3n) is 3.55. The van der Waals surface area contributed by atoms with Crippen molar-refractivity contribution in [1.82, 2.24) is 4.90 Å². The van der Waals surface area contributed by atoms with Gasteiger partial charge in [0.05, 0.1) is 4.92 Å². The van der Waals surface area contributed by atoms with Crippen LogP contribution < -0.4 is 0 Å². The van der Waals surface area contributed by atoms with Crippen LogP contribution in [0.1, 0.15) is 36.0 Å². The summed E-state index contributed by atoms with van der Waals surface area (Å²) in [5.41, 5.74) is 0.334. The maximum atomic E-state index is 12.1. The molecular weight excluding hydrogens is 320 g/mol. The van der Waals surface area contributed by atoms with E-state index in [2.05, 4.69) is 4.90 Å². The summed E-state index contributed by atoms with van der Waals surface area (Å²) >= 11 is 6.91. The SMILES string of the molecule is O=C(CCSC(=S)N1CCCCC1)c1cccc([N+](=O)[O-])c1. The lowest BCUT2D eigenvalue weighted by Crippen LogP contribution is -2.32. The highest BCUT2D eigenvalue weighted by Gasteiger charge is 2.15.